The molecular weight excluding hydrogens is 248 g/mol. The van der Waals surface area contributed by atoms with Crippen molar-refractivity contribution < 1.29 is 4.74 Å². The molecular formula is C14H21ClN2O. The van der Waals surface area contributed by atoms with Gasteiger partial charge in [-0.2, -0.15) is 0 Å². The SMILES string of the molecule is CN1CCCCC1COc1cc(Cl)ccc1CN. The quantitative estimate of drug-likeness (QED) is 0.912. The van der Waals surface area contributed by atoms with Crippen molar-refractivity contribution in [3.8, 4) is 5.75 Å². The van der Waals surface area contributed by atoms with E-state index in [1.165, 1.54) is 19.3 Å². The highest BCUT2D eigenvalue weighted by Crippen LogP contribution is 2.24. The van der Waals surface area contributed by atoms with Crippen molar-refractivity contribution in [2.45, 2.75) is 31.8 Å². The maximum atomic E-state index is 5.99. The molecule has 100 valence electrons. The number of likely N-dealkylation sites (tertiary alicyclic amines) is 1. The Bertz CT molecular complexity index is 397. The molecule has 0 spiro atoms. The molecule has 1 aliphatic rings. The molecule has 1 fully saturated rings. The number of hydrogen-bond donors (Lipinski definition) is 1. The van der Waals surface area contributed by atoms with Crippen LogP contribution in [0.15, 0.2) is 18.2 Å². The highest BCUT2D eigenvalue weighted by atomic mass is 35.5. The van der Waals surface area contributed by atoms with Gasteiger partial charge in [0.15, 0.2) is 0 Å². The van der Waals surface area contributed by atoms with Crippen molar-refractivity contribution in [1.82, 2.24) is 4.90 Å². The molecule has 1 aromatic rings. The second-order valence-corrected chi connectivity index (χ2v) is 5.33. The highest BCUT2D eigenvalue weighted by molar-refractivity contribution is 6.30. The number of nitrogens with zero attached hydrogens (tertiary/aromatic N) is 1. The van der Waals surface area contributed by atoms with E-state index in [1.807, 2.05) is 18.2 Å². The lowest BCUT2D eigenvalue weighted by Crippen LogP contribution is -2.40. The fourth-order valence-electron chi connectivity index (χ4n) is 2.37. The number of benzene rings is 1. The van der Waals surface area contributed by atoms with Crippen LogP contribution in [0.2, 0.25) is 5.02 Å². The number of piperidine rings is 1. The zero-order valence-electron chi connectivity index (χ0n) is 10.9. The summed E-state index contributed by atoms with van der Waals surface area (Å²) in [5, 5.41) is 0.694. The third-order valence-electron chi connectivity index (χ3n) is 3.60. The minimum absolute atomic E-state index is 0.479. The molecule has 0 saturated carbocycles. The minimum Gasteiger partial charge on any atom is -0.492 e. The van der Waals surface area contributed by atoms with Crippen LogP contribution >= 0.6 is 11.6 Å². The smallest absolute Gasteiger partial charge is 0.125 e. The van der Waals surface area contributed by atoms with E-state index in [0.29, 0.717) is 24.2 Å². The van der Waals surface area contributed by atoms with E-state index in [4.69, 9.17) is 22.1 Å². The van der Waals surface area contributed by atoms with E-state index in [9.17, 15) is 0 Å². The lowest BCUT2D eigenvalue weighted by molar-refractivity contribution is 0.124. The molecule has 0 bridgehead atoms. The fraction of sp³-hybridized carbons (Fsp3) is 0.571. The van der Waals surface area contributed by atoms with Crippen molar-refractivity contribution in [2.24, 2.45) is 5.73 Å². The van der Waals surface area contributed by atoms with Crippen molar-refractivity contribution in [1.29, 1.82) is 0 Å². The fourth-order valence-corrected chi connectivity index (χ4v) is 2.53. The lowest BCUT2D eigenvalue weighted by atomic mass is 10.0. The average molecular weight is 269 g/mol. The number of nitrogens with two attached hydrogens (primary N) is 1. The predicted molar refractivity (Wildman–Crippen MR) is 75.1 cm³/mol. The van der Waals surface area contributed by atoms with E-state index in [2.05, 4.69) is 11.9 Å². The molecule has 3 nitrogen and oxygen atoms in total. The zero-order chi connectivity index (χ0) is 13.0. The summed E-state index contributed by atoms with van der Waals surface area (Å²) in [4.78, 5) is 2.37. The normalized spacial score (nSPS) is 20.9. The van der Waals surface area contributed by atoms with Gasteiger partial charge in [0.2, 0.25) is 0 Å². The first-order chi connectivity index (χ1) is 8.70. The average Bonchev–Trinajstić information content (AvgIpc) is 2.38. The first-order valence-corrected chi connectivity index (χ1v) is 6.90. The minimum atomic E-state index is 0.479. The van der Waals surface area contributed by atoms with Gasteiger partial charge in [0.1, 0.15) is 12.4 Å². The summed E-state index contributed by atoms with van der Waals surface area (Å²) in [6, 6.07) is 6.14. The lowest BCUT2D eigenvalue weighted by Gasteiger charge is -2.32. The highest BCUT2D eigenvalue weighted by Gasteiger charge is 2.19. The molecule has 0 aromatic heterocycles. The molecule has 2 rings (SSSR count). The standard InChI is InChI=1S/C14H21ClN2O/c1-17-7-3-2-4-13(17)10-18-14-8-12(15)6-5-11(14)9-16/h5-6,8,13H,2-4,7,9-10,16H2,1H3. The van der Waals surface area contributed by atoms with Crippen LogP contribution in [0.25, 0.3) is 0 Å². The summed E-state index contributed by atoms with van der Waals surface area (Å²) >= 11 is 5.99. The summed E-state index contributed by atoms with van der Waals surface area (Å²) < 4.78 is 5.91. The molecule has 1 unspecified atom stereocenters. The van der Waals surface area contributed by atoms with Gasteiger partial charge >= 0.3 is 0 Å². The predicted octanol–water partition coefficient (Wildman–Crippen LogP) is 2.66. The topological polar surface area (TPSA) is 38.5 Å². The number of halogens is 1. The van der Waals surface area contributed by atoms with Crippen LogP contribution in [0.4, 0.5) is 0 Å². The molecule has 18 heavy (non-hydrogen) atoms. The second-order valence-electron chi connectivity index (χ2n) is 4.90. The van der Waals surface area contributed by atoms with Gasteiger partial charge in [0, 0.05) is 23.2 Å². The first-order valence-electron chi connectivity index (χ1n) is 6.52. The van der Waals surface area contributed by atoms with Crippen LogP contribution in [-0.4, -0.2) is 31.1 Å². The van der Waals surface area contributed by atoms with Crippen LogP contribution in [-0.2, 0) is 6.54 Å². The molecule has 1 aliphatic heterocycles. The molecule has 1 atom stereocenters. The molecule has 0 amide bonds. The van der Waals surface area contributed by atoms with Gasteiger partial charge < -0.3 is 15.4 Å². The monoisotopic (exact) mass is 268 g/mol. The zero-order valence-corrected chi connectivity index (χ0v) is 11.6. The molecule has 0 radical (unpaired) electrons. The van der Waals surface area contributed by atoms with Gasteiger partial charge in [-0.25, -0.2) is 0 Å². The Morgan fingerprint density at radius 3 is 3.00 bits per heavy atom. The van der Waals surface area contributed by atoms with Crippen LogP contribution in [0.5, 0.6) is 5.75 Å². The number of likely N-dealkylation sites (N-methyl/N-ethyl adjacent to an activating group) is 1. The first kappa shape index (κ1) is 13.7. The van der Waals surface area contributed by atoms with Gasteiger partial charge in [0.25, 0.3) is 0 Å². The Balaban J connectivity index is 1.98. The number of ether oxygens (including phenoxy) is 1. The second kappa shape index (κ2) is 6.41. The maximum absolute atomic E-state index is 5.99. The summed E-state index contributed by atoms with van der Waals surface area (Å²) in [6.45, 7) is 2.35. The Hall–Kier alpha value is -0.770. The third-order valence-corrected chi connectivity index (χ3v) is 3.84. The van der Waals surface area contributed by atoms with Crippen molar-refractivity contribution in [2.75, 3.05) is 20.2 Å². The van der Waals surface area contributed by atoms with Gasteiger partial charge in [0.05, 0.1) is 0 Å². The summed E-state index contributed by atoms with van der Waals surface area (Å²) in [7, 11) is 2.16. The summed E-state index contributed by atoms with van der Waals surface area (Å²) in [5.74, 6) is 0.823. The molecule has 1 aromatic carbocycles. The third kappa shape index (κ3) is 3.37. The van der Waals surface area contributed by atoms with Gasteiger partial charge in [-0.05, 0) is 38.6 Å². The molecule has 1 heterocycles. The van der Waals surface area contributed by atoms with E-state index >= 15 is 0 Å². The van der Waals surface area contributed by atoms with Gasteiger partial charge in [-0.15, -0.1) is 0 Å². The van der Waals surface area contributed by atoms with Crippen molar-refractivity contribution >= 4 is 11.6 Å². The van der Waals surface area contributed by atoms with Gasteiger partial charge in [-0.1, -0.05) is 24.1 Å². The van der Waals surface area contributed by atoms with E-state index in [0.717, 1.165) is 17.9 Å². The Morgan fingerprint density at radius 2 is 2.28 bits per heavy atom. The Kier molecular flexibility index (Phi) is 4.87. The summed E-state index contributed by atoms with van der Waals surface area (Å²) in [6.07, 6.45) is 3.78. The number of rotatable bonds is 4. The van der Waals surface area contributed by atoms with Crippen molar-refractivity contribution in [3.63, 3.8) is 0 Å². The molecule has 1 saturated heterocycles. The molecule has 0 aliphatic carbocycles. The summed E-state index contributed by atoms with van der Waals surface area (Å²) in [5.41, 5.74) is 6.72. The molecule has 4 heteroatoms. The Morgan fingerprint density at radius 1 is 1.44 bits per heavy atom. The number of hydrogen-bond acceptors (Lipinski definition) is 3. The van der Waals surface area contributed by atoms with Crippen LogP contribution in [0, 0.1) is 0 Å². The largest absolute Gasteiger partial charge is 0.492 e. The maximum Gasteiger partial charge on any atom is 0.125 e. The van der Waals surface area contributed by atoms with Crippen LogP contribution in [0.3, 0.4) is 0 Å². The Labute approximate surface area is 114 Å². The van der Waals surface area contributed by atoms with Crippen LogP contribution in [0.1, 0.15) is 24.8 Å². The van der Waals surface area contributed by atoms with E-state index < -0.39 is 0 Å². The van der Waals surface area contributed by atoms with Gasteiger partial charge in [-0.3, -0.25) is 0 Å². The van der Waals surface area contributed by atoms with Crippen LogP contribution < -0.4 is 10.5 Å². The van der Waals surface area contributed by atoms with Crippen molar-refractivity contribution in [3.05, 3.63) is 28.8 Å². The van der Waals surface area contributed by atoms with E-state index in [1.54, 1.807) is 0 Å². The molecule has 2 N–H and O–H groups in total. The van der Waals surface area contributed by atoms with E-state index in [-0.39, 0.29) is 0 Å².